The Bertz CT molecular complexity index is 868. The van der Waals surface area contributed by atoms with Crippen LogP contribution in [0.15, 0.2) is 30.3 Å². The molecule has 2 heterocycles. The van der Waals surface area contributed by atoms with Crippen molar-refractivity contribution in [3.63, 3.8) is 0 Å². The van der Waals surface area contributed by atoms with Gasteiger partial charge in [0.1, 0.15) is 11.6 Å². The van der Waals surface area contributed by atoms with E-state index in [0.29, 0.717) is 42.7 Å². The molecule has 0 bridgehead atoms. The van der Waals surface area contributed by atoms with Crippen LogP contribution in [0.4, 0.5) is 33.1 Å². The third kappa shape index (κ3) is 5.32. The van der Waals surface area contributed by atoms with E-state index in [-0.39, 0.29) is 23.4 Å². The Kier molecular flexibility index (Phi) is 6.48. The Balaban J connectivity index is 1.80. The molecule has 2 aromatic rings. The molecule has 0 saturated carbocycles. The van der Waals surface area contributed by atoms with Crippen LogP contribution in [0.3, 0.4) is 0 Å². The van der Waals surface area contributed by atoms with E-state index in [1.54, 1.807) is 18.2 Å². The first-order valence-corrected chi connectivity index (χ1v) is 9.80. The predicted molar refractivity (Wildman–Crippen MR) is 113 cm³/mol. The molecule has 29 heavy (non-hydrogen) atoms. The highest BCUT2D eigenvalue weighted by atomic mass is 19.1. The summed E-state index contributed by atoms with van der Waals surface area (Å²) in [5.74, 6) is 0.602. The van der Waals surface area contributed by atoms with E-state index >= 15 is 0 Å². The third-order valence-electron chi connectivity index (χ3n) is 4.85. The van der Waals surface area contributed by atoms with Gasteiger partial charge in [0.2, 0.25) is 5.82 Å². The van der Waals surface area contributed by atoms with Gasteiger partial charge in [0.05, 0.1) is 10.6 Å². The maximum atomic E-state index is 14.7. The third-order valence-corrected chi connectivity index (χ3v) is 4.85. The molecule has 0 aliphatic carbocycles. The number of hydrogen-bond donors (Lipinski definition) is 3. The zero-order valence-electron chi connectivity index (χ0n) is 16.7. The second-order valence-electron chi connectivity index (χ2n) is 7.71. The minimum absolute atomic E-state index is 0.0693. The summed E-state index contributed by atoms with van der Waals surface area (Å²) in [4.78, 5) is 17.1. The van der Waals surface area contributed by atoms with E-state index in [4.69, 9.17) is 5.73 Å². The van der Waals surface area contributed by atoms with Crippen LogP contribution in [0, 0.1) is 21.8 Å². The number of nitrogens with zero attached hydrogens (tertiary/aromatic N) is 3. The minimum Gasteiger partial charge on any atom is -0.370 e. The number of pyridine rings is 1. The maximum Gasteiger partial charge on any atom is 0.311 e. The van der Waals surface area contributed by atoms with Gasteiger partial charge in [-0.25, -0.2) is 9.37 Å². The lowest BCUT2D eigenvalue weighted by Crippen LogP contribution is -2.40. The molecule has 1 fully saturated rings. The van der Waals surface area contributed by atoms with E-state index in [0.717, 1.165) is 12.8 Å². The summed E-state index contributed by atoms with van der Waals surface area (Å²) < 4.78 is 14.7. The molecule has 1 aliphatic rings. The van der Waals surface area contributed by atoms with Crippen molar-refractivity contribution < 1.29 is 9.31 Å². The van der Waals surface area contributed by atoms with Crippen molar-refractivity contribution in [1.82, 2.24) is 4.98 Å². The lowest BCUT2D eigenvalue weighted by molar-refractivity contribution is -0.384. The summed E-state index contributed by atoms with van der Waals surface area (Å²) in [5, 5.41) is 17.4. The quantitative estimate of drug-likeness (QED) is 0.476. The topological polar surface area (TPSA) is 109 Å². The van der Waals surface area contributed by atoms with Crippen LogP contribution in [-0.4, -0.2) is 35.6 Å². The first-order chi connectivity index (χ1) is 13.8. The van der Waals surface area contributed by atoms with Crippen molar-refractivity contribution in [2.24, 2.45) is 11.7 Å². The molecular formula is C20H27FN6O2. The summed E-state index contributed by atoms with van der Waals surface area (Å²) in [5.41, 5.74) is 6.65. The van der Waals surface area contributed by atoms with E-state index < -0.39 is 4.92 Å². The van der Waals surface area contributed by atoms with Gasteiger partial charge in [0, 0.05) is 37.4 Å². The Hall–Kier alpha value is -2.94. The molecule has 0 radical (unpaired) electrons. The van der Waals surface area contributed by atoms with Crippen LogP contribution in [0.25, 0.3) is 0 Å². The molecule has 156 valence electrons. The summed E-state index contributed by atoms with van der Waals surface area (Å²) in [6.45, 7) is 6.21. The van der Waals surface area contributed by atoms with Gasteiger partial charge < -0.3 is 21.3 Å². The molecule has 1 saturated heterocycles. The van der Waals surface area contributed by atoms with Crippen LogP contribution in [0.1, 0.15) is 26.7 Å². The predicted octanol–water partition coefficient (Wildman–Crippen LogP) is 3.87. The van der Waals surface area contributed by atoms with Gasteiger partial charge in [0.25, 0.3) is 0 Å². The van der Waals surface area contributed by atoms with Crippen molar-refractivity contribution in [3.05, 3.63) is 46.3 Å². The summed E-state index contributed by atoms with van der Waals surface area (Å²) in [6, 6.07) is 7.84. The average Bonchev–Trinajstić information content (AvgIpc) is 2.67. The van der Waals surface area contributed by atoms with Gasteiger partial charge in [0.15, 0.2) is 0 Å². The van der Waals surface area contributed by atoms with Crippen LogP contribution >= 0.6 is 0 Å². The largest absolute Gasteiger partial charge is 0.370 e. The number of nitro groups is 1. The summed E-state index contributed by atoms with van der Waals surface area (Å²) in [6.07, 6.45) is 1.65. The van der Waals surface area contributed by atoms with Crippen molar-refractivity contribution in [2.45, 2.75) is 32.7 Å². The Morgan fingerprint density at radius 3 is 2.66 bits per heavy atom. The zero-order valence-corrected chi connectivity index (χ0v) is 16.7. The standard InChI is InChI=1S/C20H27FN6O2/c1-13(2)12-23-19-6-5-18(27(28)29)20(25-19)24-15-3-4-17(16(21)11-15)26-9-7-14(22)8-10-26/h3-6,11,13-14H,7-10,12,22H2,1-2H3,(H2,23,24,25). The number of hydrogen-bond acceptors (Lipinski definition) is 7. The van der Waals surface area contributed by atoms with Crippen LogP contribution in [-0.2, 0) is 0 Å². The van der Waals surface area contributed by atoms with Crippen LogP contribution < -0.4 is 21.3 Å². The minimum atomic E-state index is -0.511. The first kappa shape index (κ1) is 20.8. The number of anilines is 4. The molecule has 0 amide bonds. The van der Waals surface area contributed by atoms with Gasteiger partial charge in [-0.2, -0.15) is 0 Å². The van der Waals surface area contributed by atoms with Gasteiger partial charge in [-0.05, 0) is 43.0 Å². The Morgan fingerprint density at radius 2 is 2.03 bits per heavy atom. The number of halogens is 1. The van der Waals surface area contributed by atoms with Crippen molar-refractivity contribution in [1.29, 1.82) is 0 Å². The van der Waals surface area contributed by atoms with Gasteiger partial charge in [-0.1, -0.05) is 13.8 Å². The van der Waals surface area contributed by atoms with E-state index in [1.165, 1.54) is 12.1 Å². The maximum absolute atomic E-state index is 14.7. The second-order valence-corrected chi connectivity index (χ2v) is 7.71. The Morgan fingerprint density at radius 1 is 1.31 bits per heavy atom. The number of rotatable bonds is 7. The van der Waals surface area contributed by atoms with Crippen molar-refractivity contribution in [3.8, 4) is 0 Å². The normalized spacial score (nSPS) is 14.9. The van der Waals surface area contributed by atoms with Crippen LogP contribution in [0.5, 0.6) is 0 Å². The number of nitrogens with one attached hydrogen (secondary N) is 2. The fourth-order valence-corrected chi connectivity index (χ4v) is 3.22. The van der Waals surface area contributed by atoms with E-state index in [1.807, 2.05) is 4.90 Å². The fourth-order valence-electron chi connectivity index (χ4n) is 3.22. The highest BCUT2D eigenvalue weighted by molar-refractivity contribution is 5.69. The molecule has 1 aliphatic heterocycles. The molecule has 0 unspecified atom stereocenters. The van der Waals surface area contributed by atoms with Crippen molar-refractivity contribution in [2.75, 3.05) is 35.2 Å². The first-order valence-electron chi connectivity index (χ1n) is 9.80. The molecule has 1 aromatic carbocycles. The lowest BCUT2D eigenvalue weighted by Gasteiger charge is -2.32. The van der Waals surface area contributed by atoms with Crippen LogP contribution in [0.2, 0.25) is 0 Å². The smallest absolute Gasteiger partial charge is 0.311 e. The molecule has 9 heteroatoms. The van der Waals surface area contributed by atoms with Gasteiger partial charge >= 0.3 is 5.69 Å². The van der Waals surface area contributed by atoms with Gasteiger partial charge in [-0.3, -0.25) is 10.1 Å². The zero-order chi connectivity index (χ0) is 21.0. The monoisotopic (exact) mass is 402 g/mol. The number of aromatic nitrogens is 1. The van der Waals surface area contributed by atoms with E-state index in [9.17, 15) is 14.5 Å². The van der Waals surface area contributed by atoms with Gasteiger partial charge in [-0.15, -0.1) is 0 Å². The molecule has 0 spiro atoms. The molecule has 4 N–H and O–H groups in total. The second kappa shape index (κ2) is 9.04. The molecular weight excluding hydrogens is 375 g/mol. The average molecular weight is 402 g/mol. The highest BCUT2D eigenvalue weighted by Gasteiger charge is 2.20. The molecule has 0 atom stereocenters. The molecule has 1 aromatic heterocycles. The highest BCUT2D eigenvalue weighted by Crippen LogP contribution is 2.30. The fraction of sp³-hybridized carbons (Fsp3) is 0.450. The summed E-state index contributed by atoms with van der Waals surface area (Å²) >= 11 is 0. The SMILES string of the molecule is CC(C)CNc1ccc([N+](=O)[O-])c(Nc2ccc(N3CCC(N)CC3)c(F)c2)n1. The number of benzene rings is 1. The molecule has 8 nitrogen and oxygen atoms in total. The molecule has 3 rings (SSSR count). The van der Waals surface area contributed by atoms with E-state index in [2.05, 4.69) is 29.5 Å². The summed E-state index contributed by atoms with van der Waals surface area (Å²) in [7, 11) is 0. The van der Waals surface area contributed by atoms with Crippen molar-refractivity contribution >= 4 is 28.7 Å². The Labute approximate surface area is 169 Å². The number of nitrogens with two attached hydrogens (primary N) is 1. The number of piperidine rings is 1. The lowest BCUT2D eigenvalue weighted by atomic mass is 10.1.